The van der Waals surface area contributed by atoms with Crippen molar-refractivity contribution in [2.75, 3.05) is 18.0 Å². The molecule has 0 saturated heterocycles. The molecule has 1 aromatic carbocycles. The Labute approximate surface area is 118 Å². The first-order chi connectivity index (χ1) is 9.67. The van der Waals surface area contributed by atoms with Gasteiger partial charge in [0.25, 0.3) is 5.69 Å². The van der Waals surface area contributed by atoms with Crippen LogP contribution in [0.2, 0.25) is 0 Å². The summed E-state index contributed by atoms with van der Waals surface area (Å²) in [7, 11) is 0. The molecule has 108 valence electrons. The summed E-state index contributed by atoms with van der Waals surface area (Å²) in [4.78, 5) is 13.2. The zero-order chi connectivity index (χ0) is 14.1. The quantitative estimate of drug-likeness (QED) is 0.614. The normalized spacial score (nSPS) is 18.1. The molecule has 1 N–H and O–H groups in total. The SMILES string of the molecule is O=[N+]([O-])c1cc(CO)ccc1N(CC1CC1)CC1CC1. The molecule has 5 nitrogen and oxygen atoms in total. The van der Waals surface area contributed by atoms with Gasteiger partial charge in [0, 0.05) is 19.2 Å². The van der Waals surface area contributed by atoms with E-state index in [9.17, 15) is 10.1 Å². The molecule has 20 heavy (non-hydrogen) atoms. The Bertz CT molecular complexity index is 496. The number of benzene rings is 1. The molecule has 0 radical (unpaired) electrons. The first-order valence-corrected chi connectivity index (χ1v) is 7.30. The third kappa shape index (κ3) is 3.10. The first kappa shape index (κ1) is 13.4. The Hall–Kier alpha value is -1.62. The zero-order valence-corrected chi connectivity index (χ0v) is 11.5. The number of rotatable bonds is 7. The lowest BCUT2D eigenvalue weighted by Gasteiger charge is -2.24. The lowest BCUT2D eigenvalue weighted by Crippen LogP contribution is -2.28. The number of hydrogen-bond acceptors (Lipinski definition) is 4. The number of anilines is 1. The fourth-order valence-corrected chi connectivity index (χ4v) is 2.58. The molecular weight excluding hydrogens is 256 g/mol. The van der Waals surface area contributed by atoms with Crippen LogP contribution in [0.15, 0.2) is 18.2 Å². The predicted molar refractivity (Wildman–Crippen MR) is 76.7 cm³/mol. The van der Waals surface area contributed by atoms with E-state index < -0.39 is 0 Å². The van der Waals surface area contributed by atoms with E-state index in [1.165, 1.54) is 31.7 Å². The van der Waals surface area contributed by atoms with E-state index in [2.05, 4.69) is 4.90 Å². The molecule has 2 aliphatic carbocycles. The minimum atomic E-state index is -0.332. The van der Waals surface area contributed by atoms with Crippen LogP contribution >= 0.6 is 0 Å². The second kappa shape index (κ2) is 5.40. The fourth-order valence-electron chi connectivity index (χ4n) is 2.58. The number of aliphatic hydroxyl groups is 1. The summed E-state index contributed by atoms with van der Waals surface area (Å²) >= 11 is 0. The van der Waals surface area contributed by atoms with Gasteiger partial charge in [-0.25, -0.2) is 0 Å². The Morgan fingerprint density at radius 1 is 1.20 bits per heavy atom. The Morgan fingerprint density at radius 2 is 1.80 bits per heavy atom. The molecule has 0 bridgehead atoms. The van der Waals surface area contributed by atoms with Crippen molar-refractivity contribution in [1.29, 1.82) is 0 Å². The summed E-state index contributed by atoms with van der Waals surface area (Å²) in [6.45, 7) is 1.69. The summed E-state index contributed by atoms with van der Waals surface area (Å²) in [5, 5.41) is 20.4. The van der Waals surface area contributed by atoms with Crippen molar-refractivity contribution in [3.63, 3.8) is 0 Å². The van der Waals surface area contributed by atoms with Crippen LogP contribution in [0.25, 0.3) is 0 Å². The van der Waals surface area contributed by atoms with Gasteiger partial charge < -0.3 is 10.0 Å². The van der Waals surface area contributed by atoms with Crippen molar-refractivity contribution < 1.29 is 10.0 Å². The Morgan fingerprint density at radius 3 is 2.25 bits per heavy atom. The molecule has 0 aromatic heterocycles. The van der Waals surface area contributed by atoms with E-state index in [4.69, 9.17) is 5.11 Å². The molecule has 2 fully saturated rings. The largest absolute Gasteiger partial charge is 0.392 e. The highest BCUT2D eigenvalue weighted by atomic mass is 16.6. The molecule has 0 heterocycles. The standard InChI is InChI=1S/C15H20N2O3/c18-10-13-5-6-14(15(7-13)17(19)20)16(8-11-1-2-11)9-12-3-4-12/h5-7,11-12,18H,1-4,8-10H2. The van der Waals surface area contributed by atoms with Gasteiger partial charge in [0.15, 0.2) is 0 Å². The lowest BCUT2D eigenvalue weighted by atomic mass is 10.1. The van der Waals surface area contributed by atoms with Gasteiger partial charge in [-0.1, -0.05) is 6.07 Å². The Balaban J connectivity index is 1.88. The maximum absolute atomic E-state index is 11.3. The maximum Gasteiger partial charge on any atom is 0.292 e. The third-order valence-corrected chi connectivity index (χ3v) is 4.11. The van der Waals surface area contributed by atoms with E-state index in [1.54, 1.807) is 12.1 Å². The first-order valence-electron chi connectivity index (χ1n) is 7.30. The number of aliphatic hydroxyl groups excluding tert-OH is 1. The molecule has 0 unspecified atom stereocenters. The van der Waals surface area contributed by atoms with E-state index >= 15 is 0 Å². The molecule has 0 amide bonds. The van der Waals surface area contributed by atoms with Crippen molar-refractivity contribution in [2.24, 2.45) is 11.8 Å². The summed E-state index contributed by atoms with van der Waals surface area (Å²) < 4.78 is 0. The fraction of sp³-hybridized carbons (Fsp3) is 0.600. The van der Waals surface area contributed by atoms with Crippen molar-refractivity contribution in [3.8, 4) is 0 Å². The molecule has 5 heteroatoms. The summed E-state index contributed by atoms with van der Waals surface area (Å²) in [6, 6.07) is 5.09. The van der Waals surface area contributed by atoms with Crippen LogP contribution in [0.1, 0.15) is 31.2 Å². The highest BCUT2D eigenvalue weighted by Crippen LogP contribution is 2.38. The van der Waals surface area contributed by atoms with Gasteiger partial charge in [-0.05, 0) is 49.1 Å². The maximum atomic E-state index is 11.3. The van der Waals surface area contributed by atoms with Crippen LogP contribution in [0, 0.1) is 22.0 Å². The van der Waals surface area contributed by atoms with Gasteiger partial charge >= 0.3 is 0 Å². The smallest absolute Gasteiger partial charge is 0.292 e. The number of nitro benzene ring substituents is 1. The van der Waals surface area contributed by atoms with Crippen molar-refractivity contribution in [3.05, 3.63) is 33.9 Å². The van der Waals surface area contributed by atoms with Crippen LogP contribution in [0.4, 0.5) is 11.4 Å². The van der Waals surface area contributed by atoms with E-state index in [1.807, 2.05) is 0 Å². The zero-order valence-electron chi connectivity index (χ0n) is 11.5. The topological polar surface area (TPSA) is 66.6 Å². The molecule has 0 aliphatic heterocycles. The van der Waals surface area contributed by atoms with Gasteiger partial charge in [-0.3, -0.25) is 10.1 Å². The summed E-state index contributed by atoms with van der Waals surface area (Å²) in [6.07, 6.45) is 4.96. The van der Waals surface area contributed by atoms with Gasteiger partial charge in [-0.15, -0.1) is 0 Å². The van der Waals surface area contributed by atoms with Crippen LogP contribution in [-0.2, 0) is 6.61 Å². The third-order valence-electron chi connectivity index (χ3n) is 4.11. The van der Waals surface area contributed by atoms with Crippen molar-refractivity contribution in [1.82, 2.24) is 0 Å². The highest BCUT2D eigenvalue weighted by molar-refractivity contribution is 5.64. The molecule has 2 saturated carbocycles. The number of nitro groups is 1. The second-order valence-electron chi connectivity index (χ2n) is 6.03. The molecule has 3 rings (SSSR count). The lowest BCUT2D eigenvalue weighted by molar-refractivity contribution is -0.384. The number of nitrogens with zero attached hydrogens (tertiary/aromatic N) is 2. The van der Waals surface area contributed by atoms with Gasteiger partial charge in [-0.2, -0.15) is 0 Å². The minimum Gasteiger partial charge on any atom is -0.392 e. The van der Waals surface area contributed by atoms with E-state index in [0.29, 0.717) is 23.1 Å². The average Bonchev–Trinajstić information content (AvgIpc) is 3.32. The molecular formula is C15H20N2O3. The summed E-state index contributed by atoms with van der Waals surface area (Å²) in [5.41, 5.74) is 1.43. The van der Waals surface area contributed by atoms with Gasteiger partial charge in [0.2, 0.25) is 0 Å². The van der Waals surface area contributed by atoms with E-state index in [0.717, 1.165) is 13.1 Å². The van der Waals surface area contributed by atoms with Crippen LogP contribution in [0.5, 0.6) is 0 Å². The van der Waals surface area contributed by atoms with Gasteiger partial charge in [0.05, 0.1) is 11.5 Å². The van der Waals surface area contributed by atoms with Crippen molar-refractivity contribution >= 4 is 11.4 Å². The highest BCUT2D eigenvalue weighted by Gasteiger charge is 2.32. The molecule has 0 atom stereocenters. The van der Waals surface area contributed by atoms with Gasteiger partial charge in [0.1, 0.15) is 5.69 Å². The molecule has 0 spiro atoms. The second-order valence-corrected chi connectivity index (χ2v) is 6.03. The minimum absolute atomic E-state index is 0.123. The average molecular weight is 276 g/mol. The summed E-state index contributed by atoms with van der Waals surface area (Å²) in [5.74, 6) is 1.40. The molecule has 1 aromatic rings. The van der Waals surface area contributed by atoms with Crippen LogP contribution in [-0.4, -0.2) is 23.1 Å². The van der Waals surface area contributed by atoms with Crippen LogP contribution < -0.4 is 4.90 Å². The Kier molecular flexibility index (Phi) is 3.61. The van der Waals surface area contributed by atoms with Crippen LogP contribution in [0.3, 0.4) is 0 Å². The molecule has 2 aliphatic rings. The number of hydrogen-bond donors (Lipinski definition) is 1. The van der Waals surface area contributed by atoms with Crippen molar-refractivity contribution in [2.45, 2.75) is 32.3 Å². The predicted octanol–water partition coefficient (Wildman–Crippen LogP) is 2.71. The van der Waals surface area contributed by atoms with E-state index in [-0.39, 0.29) is 17.2 Å². The monoisotopic (exact) mass is 276 g/mol.